The van der Waals surface area contributed by atoms with Crippen molar-refractivity contribution in [3.63, 3.8) is 0 Å². The first-order valence-electron chi connectivity index (χ1n) is 12.2. The fourth-order valence-electron chi connectivity index (χ4n) is 3.99. The van der Waals surface area contributed by atoms with Crippen molar-refractivity contribution in [2.24, 2.45) is 11.8 Å². The summed E-state index contributed by atoms with van der Waals surface area (Å²) < 4.78 is 5.80. The summed E-state index contributed by atoms with van der Waals surface area (Å²) in [5, 5.41) is 0. The Morgan fingerprint density at radius 3 is 2.27 bits per heavy atom. The minimum Gasteiger partial charge on any atom is -0.494 e. The molecule has 1 nitrogen and oxygen atoms in total. The first kappa shape index (κ1) is 24.2. The van der Waals surface area contributed by atoms with E-state index in [-0.39, 0.29) is 0 Å². The van der Waals surface area contributed by atoms with Crippen LogP contribution in [0.25, 0.3) is 0 Å². The van der Waals surface area contributed by atoms with Crippen molar-refractivity contribution in [1.29, 1.82) is 0 Å². The van der Waals surface area contributed by atoms with E-state index in [1.54, 1.807) is 0 Å². The molecule has 1 aromatic carbocycles. The van der Waals surface area contributed by atoms with Crippen molar-refractivity contribution in [1.82, 2.24) is 0 Å². The number of unbranched alkanes of at least 4 members (excludes halogenated alkanes) is 5. The summed E-state index contributed by atoms with van der Waals surface area (Å²) in [6.07, 6.45) is 19.5. The van der Waals surface area contributed by atoms with Crippen LogP contribution in [0.4, 0.5) is 0 Å². The molecular weight excluding hydrogens is 364 g/mol. The summed E-state index contributed by atoms with van der Waals surface area (Å²) >= 11 is 0. The molecule has 2 rings (SSSR count). The standard InChI is InChI=1S/C29H40O/c1-3-5-7-10-13-25-30-29-23-21-28(22-24-29)16-12-9-8-11-15-27-19-17-26(18-20-27)14-6-4-2/h8-9,21-24,26-27H,3-7,10,13-14,17-20,25H2,1-2H3/b9-8+. The maximum Gasteiger partial charge on any atom is 0.119 e. The van der Waals surface area contributed by atoms with Crippen molar-refractivity contribution in [3.8, 4) is 29.4 Å². The van der Waals surface area contributed by atoms with Crippen molar-refractivity contribution in [2.45, 2.75) is 90.9 Å². The number of hydrogen-bond acceptors (Lipinski definition) is 1. The molecule has 0 heterocycles. The van der Waals surface area contributed by atoms with Crippen LogP contribution in [0, 0.1) is 35.5 Å². The maximum atomic E-state index is 5.80. The van der Waals surface area contributed by atoms with Crippen LogP contribution in [0.2, 0.25) is 0 Å². The molecule has 30 heavy (non-hydrogen) atoms. The van der Waals surface area contributed by atoms with Crippen molar-refractivity contribution in [2.75, 3.05) is 6.61 Å². The highest BCUT2D eigenvalue weighted by molar-refractivity contribution is 5.40. The van der Waals surface area contributed by atoms with Crippen LogP contribution in [0.15, 0.2) is 36.4 Å². The zero-order valence-electron chi connectivity index (χ0n) is 19.2. The van der Waals surface area contributed by atoms with Crippen LogP contribution in [0.3, 0.4) is 0 Å². The van der Waals surface area contributed by atoms with Gasteiger partial charge in [0.15, 0.2) is 0 Å². The topological polar surface area (TPSA) is 9.23 Å². The average molecular weight is 405 g/mol. The fraction of sp³-hybridized carbons (Fsp3) is 0.586. The average Bonchev–Trinajstić information content (AvgIpc) is 2.78. The van der Waals surface area contributed by atoms with Crippen LogP contribution in [0.1, 0.15) is 96.5 Å². The molecule has 0 N–H and O–H groups in total. The van der Waals surface area contributed by atoms with E-state index in [1.807, 2.05) is 36.4 Å². The molecule has 1 aliphatic rings. The van der Waals surface area contributed by atoms with Gasteiger partial charge in [-0.25, -0.2) is 0 Å². The number of hydrogen-bond donors (Lipinski definition) is 0. The highest BCUT2D eigenvalue weighted by Gasteiger charge is 2.18. The van der Waals surface area contributed by atoms with Gasteiger partial charge in [0, 0.05) is 11.5 Å². The summed E-state index contributed by atoms with van der Waals surface area (Å²) in [5.41, 5.74) is 1.01. The van der Waals surface area contributed by atoms with E-state index in [1.165, 1.54) is 70.6 Å². The lowest BCUT2D eigenvalue weighted by atomic mass is 9.80. The van der Waals surface area contributed by atoms with Gasteiger partial charge in [-0.05, 0) is 74.4 Å². The molecule has 0 saturated heterocycles. The second-order valence-electron chi connectivity index (χ2n) is 8.54. The molecule has 0 spiro atoms. The molecule has 0 atom stereocenters. The van der Waals surface area contributed by atoms with Gasteiger partial charge in [-0.1, -0.05) is 82.5 Å². The van der Waals surface area contributed by atoms with Gasteiger partial charge in [-0.15, -0.1) is 0 Å². The molecule has 1 heteroatoms. The monoisotopic (exact) mass is 404 g/mol. The zero-order valence-corrected chi connectivity index (χ0v) is 19.2. The van der Waals surface area contributed by atoms with Crippen molar-refractivity contribution >= 4 is 0 Å². The third kappa shape index (κ3) is 10.6. The van der Waals surface area contributed by atoms with Crippen molar-refractivity contribution < 1.29 is 4.74 Å². The van der Waals surface area contributed by atoms with Crippen LogP contribution >= 0.6 is 0 Å². The van der Waals surface area contributed by atoms with E-state index < -0.39 is 0 Å². The molecule has 0 aliphatic heterocycles. The Bertz CT molecular complexity index is 712. The van der Waals surface area contributed by atoms with E-state index in [0.29, 0.717) is 5.92 Å². The third-order valence-corrected chi connectivity index (χ3v) is 5.94. The van der Waals surface area contributed by atoms with E-state index in [0.717, 1.165) is 30.3 Å². The third-order valence-electron chi connectivity index (χ3n) is 5.94. The summed E-state index contributed by atoms with van der Waals surface area (Å²) in [6.45, 7) is 5.33. The number of ether oxygens (including phenoxy) is 1. The van der Waals surface area contributed by atoms with Crippen molar-refractivity contribution in [3.05, 3.63) is 42.0 Å². The number of allylic oxidation sites excluding steroid dienone is 2. The van der Waals surface area contributed by atoms with Gasteiger partial charge in [-0.2, -0.15) is 0 Å². The van der Waals surface area contributed by atoms with Gasteiger partial charge in [-0.3, -0.25) is 0 Å². The lowest BCUT2D eigenvalue weighted by Crippen LogP contribution is -2.13. The zero-order chi connectivity index (χ0) is 21.3. The minimum absolute atomic E-state index is 0.583. The Kier molecular flexibility index (Phi) is 12.6. The van der Waals surface area contributed by atoms with Crippen LogP contribution in [-0.2, 0) is 0 Å². The lowest BCUT2D eigenvalue weighted by molar-refractivity contribution is 0.296. The summed E-state index contributed by atoms with van der Waals surface area (Å²) in [4.78, 5) is 0. The SMILES string of the molecule is CCCCCCCOc1ccc(C#C/C=C/C#CC2CCC(CCCC)CC2)cc1. The van der Waals surface area contributed by atoms with E-state index in [2.05, 4.69) is 37.5 Å². The van der Waals surface area contributed by atoms with Gasteiger partial charge in [0.2, 0.25) is 0 Å². The Morgan fingerprint density at radius 1 is 0.833 bits per heavy atom. The molecule has 0 bridgehead atoms. The Balaban J connectivity index is 1.64. The number of benzene rings is 1. The van der Waals surface area contributed by atoms with Crippen LogP contribution in [-0.4, -0.2) is 6.61 Å². The predicted molar refractivity (Wildman–Crippen MR) is 129 cm³/mol. The molecule has 1 fully saturated rings. The molecule has 162 valence electrons. The lowest BCUT2D eigenvalue weighted by Gasteiger charge is -2.25. The quantitative estimate of drug-likeness (QED) is 0.284. The van der Waals surface area contributed by atoms with E-state index in [9.17, 15) is 0 Å². The second-order valence-corrected chi connectivity index (χ2v) is 8.54. The molecule has 1 aromatic rings. The Morgan fingerprint density at radius 2 is 1.53 bits per heavy atom. The Labute approximate surface area is 185 Å². The highest BCUT2D eigenvalue weighted by atomic mass is 16.5. The number of rotatable bonds is 10. The van der Waals surface area contributed by atoms with Crippen LogP contribution in [0.5, 0.6) is 5.75 Å². The van der Waals surface area contributed by atoms with E-state index in [4.69, 9.17) is 4.74 Å². The first-order valence-corrected chi connectivity index (χ1v) is 12.2. The summed E-state index contributed by atoms with van der Waals surface area (Å²) in [5.74, 6) is 15.3. The molecule has 0 amide bonds. The van der Waals surface area contributed by atoms with Gasteiger partial charge < -0.3 is 4.74 Å². The maximum absolute atomic E-state index is 5.80. The van der Waals surface area contributed by atoms with Gasteiger partial charge in [0.05, 0.1) is 6.61 Å². The molecular formula is C29H40O. The fourth-order valence-corrected chi connectivity index (χ4v) is 3.99. The van der Waals surface area contributed by atoms with Gasteiger partial charge in [0.1, 0.15) is 5.75 Å². The molecule has 0 unspecified atom stereocenters. The smallest absolute Gasteiger partial charge is 0.119 e. The summed E-state index contributed by atoms with van der Waals surface area (Å²) in [6, 6.07) is 8.07. The predicted octanol–water partition coefficient (Wildman–Crippen LogP) is 7.94. The van der Waals surface area contributed by atoms with E-state index >= 15 is 0 Å². The van der Waals surface area contributed by atoms with Crippen LogP contribution < -0.4 is 4.74 Å². The molecule has 0 radical (unpaired) electrons. The summed E-state index contributed by atoms with van der Waals surface area (Å²) in [7, 11) is 0. The molecule has 1 aliphatic carbocycles. The Hall–Kier alpha value is -2.12. The van der Waals surface area contributed by atoms with Gasteiger partial charge >= 0.3 is 0 Å². The largest absolute Gasteiger partial charge is 0.494 e. The van der Waals surface area contributed by atoms with Gasteiger partial charge in [0.25, 0.3) is 0 Å². The molecule has 0 aromatic heterocycles. The highest BCUT2D eigenvalue weighted by Crippen LogP contribution is 2.31. The second kappa shape index (κ2) is 15.7. The first-order chi connectivity index (χ1) is 14.8. The minimum atomic E-state index is 0.583. The normalized spacial score (nSPS) is 18.3. The molecule has 1 saturated carbocycles.